The summed E-state index contributed by atoms with van der Waals surface area (Å²) in [5.74, 6) is -0.476. The van der Waals surface area contributed by atoms with E-state index in [2.05, 4.69) is 49.4 Å². The fourth-order valence-electron chi connectivity index (χ4n) is 4.17. The first kappa shape index (κ1) is 20.1. The maximum atomic E-state index is 14.0. The van der Waals surface area contributed by atoms with Gasteiger partial charge in [-0.2, -0.15) is 5.26 Å². The Morgan fingerprint density at radius 3 is 2.13 bits per heavy atom. The van der Waals surface area contributed by atoms with E-state index in [1.165, 1.54) is 59.9 Å². The van der Waals surface area contributed by atoms with Gasteiger partial charge in [-0.3, -0.25) is 0 Å². The van der Waals surface area contributed by atoms with Gasteiger partial charge >= 0.3 is 0 Å². The Labute approximate surface area is 177 Å². The number of nitrogens with zero attached hydrogens (tertiary/aromatic N) is 1. The van der Waals surface area contributed by atoms with Gasteiger partial charge in [-0.05, 0) is 69.3 Å². The van der Waals surface area contributed by atoms with Crippen molar-refractivity contribution in [3.8, 4) is 17.2 Å². The van der Waals surface area contributed by atoms with Crippen LogP contribution in [0.3, 0.4) is 0 Å². The summed E-state index contributed by atoms with van der Waals surface area (Å²) in [5.41, 5.74) is 3.22. The molecule has 0 atom stereocenters. The molecule has 150 valence electrons. The maximum absolute atomic E-state index is 14.0. The van der Waals surface area contributed by atoms with E-state index in [1.54, 1.807) is 12.1 Å². The Morgan fingerprint density at radius 2 is 1.40 bits per heavy atom. The average molecular weight is 396 g/mol. The molecule has 0 aliphatic carbocycles. The Hall–Kier alpha value is -3.18. The largest absolute Gasteiger partial charge is 0.206 e. The van der Waals surface area contributed by atoms with Gasteiger partial charge in [0.25, 0.3) is 0 Å². The molecule has 0 aromatic heterocycles. The second kappa shape index (κ2) is 9.09. The Balaban J connectivity index is 1.61. The van der Waals surface area contributed by atoms with E-state index in [-0.39, 0.29) is 5.56 Å². The Bertz CT molecular complexity index is 1230. The van der Waals surface area contributed by atoms with Gasteiger partial charge < -0.3 is 0 Å². The normalized spacial score (nSPS) is 11.1. The molecule has 0 amide bonds. The molecule has 2 heteroatoms. The number of fused-ring (bicyclic) bond motifs is 3. The Kier molecular flexibility index (Phi) is 6.10. The van der Waals surface area contributed by atoms with Crippen LogP contribution in [-0.4, -0.2) is 0 Å². The zero-order valence-electron chi connectivity index (χ0n) is 17.4. The predicted molar refractivity (Wildman–Crippen MR) is 124 cm³/mol. The summed E-state index contributed by atoms with van der Waals surface area (Å²) in [4.78, 5) is 0. The smallest absolute Gasteiger partial charge is 0.141 e. The first-order valence-corrected chi connectivity index (χ1v) is 10.8. The standard InChI is InChI=1S/C28H26FN/c1-2-3-4-5-6-7-20-8-14-26-23(16-20)10-11-24-17-21(13-15-27(24)26)22-9-12-25(19-30)28(29)18-22/h8-18H,2-7H2,1H3. The highest BCUT2D eigenvalue weighted by Crippen LogP contribution is 2.31. The molecule has 0 heterocycles. The second-order valence-electron chi connectivity index (χ2n) is 8.03. The topological polar surface area (TPSA) is 23.8 Å². The lowest BCUT2D eigenvalue weighted by atomic mass is 9.95. The molecule has 0 radical (unpaired) electrons. The van der Waals surface area contributed by atoms with E-state index >= 15 is 0 Å². The molecule has 0 saturated carbocycles. The highest BCUT2D eigenvalue weighted by molar-refractivity contribution is 6.08. The van der Waals surface area contributed by atoms with E-state index in [0.29, 0.717) is 0 Å². The van der Waals surface area contributed by atoms with Crippen molar-refractivity contribution in [2.45, 2.75) is 45.4 Å². The molecule has 4 aromatic carbocycles. The molecule has 0 aliphatic rings. The third kappa shape index (κ3) is 4.21. The summed E-state index contributed by atoms with van der Waals surface area (Å²) in [7, 11) is 0. The van der Waals surface area contributed by atoms with Crippen LogP contribution in [0.15, 0.2) is 66.7 Å². The molecule has 30 heavy (non-hydrogen) atoms. The van der Waals surface area contributed by atoms with Crippen LogP contribution in [0.1, 0.15) is 50.2 Å². The van der Waals surface area contributed by atoms with Crippen molar-refractivity contribution in [1.29, 1.82) is 5.26 Å². The second-order valence-corrected chi connectivity index (χ2v) is 8.03. The number of hydrogen-bond donors (Lipinski definition) is 0. The molecule has 0 unspecified atom stereocenters. The number of halogens is 1. The van der Waals surface area contributed by atoms with E-state index < -0.39 is 5.82 Å². The zero-order chi connectivity index (χ0) is 20.9. The van der Waals surface area contributed by atoms with Crippen LogP contribution >= 0.6 is 0 Å². The highest BCUT2D eigenvalue weighted by atomic mass is 19.1. The number of unbranched alkanes of at least 4 members (excludes halogenated alkanes) is 4. The van der Waals surface area contributed by atoms with Gasteiger partial charge in [-0.25, -0.2) is 4.39 Å². The highest BCUT2D eigenvalue weighted by Gasteiger charge is 2.07. The van der Waals surface area contributed by atoms with E-state index in [0.717, 1.165) is 22.9 Å². The lowest BCUT2D eigenvalue weighted by Crippen LogP contribution is -1.88. The van der Waals surface area contributed by atoms with Crippen molar-refractivity contribution < 1.29 is 4.39 Å². The number of nitriles is 1. The van der Waals surface area contributed by atoms with Crippen LogP contribution in [0.25, 0.3) is 32.7 Å². The molecule has 1 nitrogen and oxygen atoms in total. The molecule has 4 rings (SSSR count). The molecular weight excluding hydrogens is 369 g/mol. The molecule has 0 bridgehead atoms. The van der Waals surface area contributed by atoms with Crippen molar-refractivity contribution in [3.63, 3.8) is 0 Å². The monoisotopic (exact) mass is 395 g/mol. The number of hydrogen-bond acceptors (Lipinski definition) is 1. The summed E-state index contributed by atoms with van der Waals surface area (Å²) in [6, 6.07) is 24.0. The Morgan fingerprint density at radius 1 is 0.733 bits per heavy atom. The van der Waals surface area contributed by atoms with Gasteiger partial charge in [0.05, 0.1) is 5.56 Å². The van der Waals surface area contributed by atoms with E-state index in [1.807, 2.05) is 12.1 Å². The summed E-state index contributed by atoms with van der Waals surface area (Å²) in [5, 5.41) is 13.8. The third-order valence-corrected chi connectivity index (χ3v) is 5.89. The number of aryl methyl sites for hydroxylation is 1. The fourth-order valence-corrected chi connectivity index (χ4v) is 4.17. The molecular formula is C28H26FN. The van der Waals surface area contributed by atoms with Crippen LogP contribution in [0.2, 0.25) is 0 Å². The van der Waals surface area contributed by atoms with Crippen molar-refractivity contribution in [2.75, 3.05) is 0 Å². The predicted octanol–water partition coefficient (Wildman–Crippen LogP) is 8.18. The minimum absolute atomic E-state index is 0.0756. The SMILES string of the molecule is CCCCCCCc1ccc2c(ccc3cc(-c4ccc(C#N)c(F)c4)ccc32)c1. The summed E-state index contributed by atoms with van der Waals surface area (Å²) < 4.78 is 14.0. The minimum atomic E-state index is -0.476. The molecule has 0 N–H and O–H groups in total. The lowest BCUT2D eigenvalue weighted by molar-refractivity contribution is 0.624. The van der Waals surface area contributed by atoms with Gasteiger partial charge in [0.1, 0.15) is 11.9 Å². The summed E-state index contributed by atoms with van der Waals surface area (Å²) in [6.07, 6.45) is 7.65. The van der Waals surface area contributed by atoms with Gasteiger partial charge in [-0.1, -0.05) is 81.1 Å². The molecule has 0 saturated heterocycles. The van der Waals surface area contributed by atoms with Gasteiger partial charge in [-0.15, -0.1) is 0 Å². The third-order valence-electron chi connectivity index (χ3n) is 5.89. The quantitative estimate of drug-likeness (QED) is 0.228. The molecule has 0 fully saturated rings. The molecule has 0 aliphatic heterocycles. The average Bonchev–Trinajstić information content (AvgIpc) is 2.78. The first-order valence-electron chi connectivity index (χ1n) is 10.8. The molecule has 0 spiro atoms. The lowest BCUT2D eigenvalue weighted by Gasteiger charge is -2.09. The van der Waals surface area contributed by atoms with Crippen LogP contribution in [0.4, 0.5) is 4.39 Å². The van der Waals surface area contributed by atoms with Gasteiger partial charge in [0, 0.05) is 0 Å². The van der Waals surface area contributed by atoms with Crippen LogP contribution in [-0.2, 0) is 6.42 Å². The summed E-state index contributed by atoms with van der Waals surface area (Å²) in [6.45, 7) is 2.25. The van der Waals surface area contributed by atoms with E-state index in [9.17, 15) is 4.39 Å². The maximum Gasteiger partial charge on any atom is 0.141 e. The van der Waals surface area contributed by atoms with Crippen LogP contribution in [0, 0.1) is 17.1 Å². The number of rotatable bonds is 7. The number of benzene rings is 4. The van der Waals surface area contributed by atoms with Crippen LogP contribution in [0.5, 0.6) is 0 Å². The van der Waals surface area contributed by atoms with Crippen molar-refractivity contribution in [2.24, 2.45) is 0 Å². The summed E-state index contributed by atoms with van der Waals surface area (Å²) >= 11 is 0. The van der Waals surface area contributed by atoms with E-state index in [4.69, 9.17) is 5.26 Å². The molecule has 4 aromatic rings. The zero-order valence-corrected chi connectivity index (χ0v) is 17.4. The van der Waals surface area contributed by atoms with Gasteiger partial charge in [0.2, 0.25) is 0 Å². The van der Waals surface area contributed by atoms with Crippen molar-refractivity contribution >= 4 is 21.5 Å². The fraction of sp³-hybridized carbons (Fsp3) is 0.250. The van der Waals surface area contributed by atoms with Crippen molar-refractivity contribution in [3.05, 3.63) is 83.7 Å². The van der Waals surface area contributed by atoms with Crippen LogP contribution < -0.4 is 0 Å². The van der Waals surface area contributed by atoms with Gasteiger partial charge in [0.15, 0.2) is 0 Å². The first-order chi connectivity index (χ1) is 14.7. The minimum Gasteiger partial charge on any atom is -0.206 e. The van der Waals surface area contributed by atoms with Crippen molar-refractivity contribution in [1.82, 2.24) is 0 Å².